The van der Waals surface area contributed by atoms with Crippen LogP contribution in [0, 0.1) is 0 Å². The third-order valence-corrected chi connectivity index (χ3v) is 3.69. The zero-order chi connectivity index (χ0) is 18.2. The fraction of sp³-hybridized carbons (Fsp3) is 0.211. The van der Waals surface area contributed by atoms with Gasteiger partial charge in [0, 0.05) is 23.4 Å². The van der Waals surface area contributed by atoms with Crippen LogP contribution >= 0.6 is 11.6 Å². The second kappa shape index (κ2) is 8.99. The van der Waals surface area contributed by atoms with Gasteiger partial charge in [0.1, 0.15) is 0 Å². The molecule has 25 heavy (non-hydrogen) atoms. The molecule has 0 saturated carbocycles. The molecule has 0 spiro atoms. The fourth-order valence-electron chi connectivity index (χ4n) is 2.20. The van der Waals surface area contributed by atoms with Gasteiger partial charge in [0.05, 0.1) is 17.9 Å². The van der Waals surface area contributed by atoms with Crippen molar-refractivity contribution in [1.29, 1.82) is 0 Å². The Hall–Kier alpha value is -2.66. The first-order chi connectivity index (χ1) is 12.0. The van der Waals surface area contributed by atoms with E-state index in [4.69, 9.17) is 16.3 Å². The normalized spacial score (nSPS) is 10.2. The van der Waals surface area contributed by atoms with E-state index in [2.05, 4.69) is 5.32 Å². The van der Waals surface area contributed by atoms with Gasteiger partial charge in [-0.05, 0) is 43.3 Å². The number of ether oxygens (including phenoxy) is 1. The van der Waals surface area contributed by atoms with Crippen molar-refractivity contribution in [2.45, 2.75) is 19.8 Å². The minimum atomic E-state index is -0.504. The van der Waals surface area contributed by atoms with Gasteiger partial charge in [-0.15, -0.1) is 0 Å². The summed E-state index contributed by atoms with van der Waals surface area (Å²) < 4.78 is 4.96. The molecular weight excluding hydrogens is 342 g/mol. The first-order valence-corrected chi connectivity index (χ1v) is 8.24. The summed E-state index contributed by atoms with van der Waals surface area (Å²) in [5.41, 5.74) is 1.15. The number of amides is 1. The van der Waals surface area contributed by atoms with Gasteiger partial charge in [-0.1, -0.05) is 23.7 Å². The van der Waals surface area contributed by atoms with Crippen molar-refractivity contribution in [2.24, 2.45) is 0 Å². The molecule has 0 aliphatic rings. The molecule has 0 aliphatic carbocycles. The Morgan fingerprint density at radius 1 is 1.00 bits per heavy atom. The molecule has 0 radical (unpaired) electrons. The summed E-state index contributed by atoms with van der Waals surface area (Å²) in [7, 11) is 0. The number of para-hydroxylation sites is 1. The number of benzene rings is 2. The van der Waals surface area contributed by atoms with E-state index in [0.717, 1.165) is 0 Å². The molecule has 1 N–H and O–H groups in total. The predicted octanol–water partition coefficient (Wildman–Crippen LogP) is 4.12. The van der Waals surface area contributed by atoms with Crippen molar-refractivity contribution in [1.82, 2.24) is 0 Å². The Morgan fingerprint density at radius 2 is 1.68 bits per heavy atom. The number of carbonyl (C=O) groups is 3. The highest BCUT2D eigenvalue weighted by Crippen LogP contribution is 2.17. The van der Waals surface area contributed by atoms with Crippen LogP contribution < -0.4 is 5.32 Å². The molecule has 2 aromatic carbocycles. The number of Topliss-reactive ketones (excluding diaryl/α,β-unsaturated/α-hetero) is 1. The number of carbonyl (C=O) groups excluding carboxylic acids is 3. The number of anilines is 1. The average Bonchev–Trinajstić information content (AvgIpc) is 2.61. The van der Waals surface area contributed by atoms with Crippen LogP contribution in [0.5, 0.6) is 0 Å². The summed E-state index contributed by atoms with van der Waals surface area (Å²) in [5, 5.41) is 3.20. The maximum Gasteiger partial charge on any atom is 0.340 e. The van der Waals surface area contributed by atoms with Crippen molar-refractivity contribution >= 4 is 34.9 Å². The number of hydrogen-bond donors (Lipinski definition) is 1. The number of hydrogen-bond acceptors (Lipinski definition) is 4. The second-order valence-electron chi connectivity index (χ2n) is 5.24. The van der Waals surface area contributed by atoms with Gasteiger partial charge >= 0.3 is 5.97 Å². The Morgan fingerprint density at radius 3 is 2.36 bits per heavy atom. The van der Waals surface area contributed by atoms with E-state index in [0.29, 0.717) is 16.3 Å². The van der Waals surface area contributed by atoms with Gasteiger partial charge in [-0.2, -0.15) is 0 Å². The summed E-state index contributed by atoms with van der Waals surface area (Å²) >= 11 is 5.78. The van der Waals surface area contributed by atoms with Crippen molar-refractivity contribution in [3.63, 3.8) is 0 Å². The van der Waals surface area contributed by atoms with Crippen LogP contribution in [0.2, 0.25) is 5.02 Å². The molecule has 5 nitrogen and oxygen atoms in total. The quantitative estimate of drug-likeness (QED) is 0.596. The first kappa shape index (κ1) is 18.7. The van der Waals surface area contributed by atoms with E-state index >= 15 is 0 Å². The minimum Gasteiger partial charge on any atom is -0.462 e. The molecule has 0 fully saturated rings. The van der Waals surface area contributed by atoms with Crippen molar-refractivity contribution in [3.05, 3.63) is 64.7 Å². The molecule has 0 aromatic heterocycles. The Balaban J connectivity index is 1.95. The highest BCUT2D eigenvalue weighted by Gasteiger charge is 2.15. The monoisotopic (exact) mass is 359 g/mol. The maximum absolute atomic E-state index is 12.1. The van der Waals surface area contributed by atoms with Gasteiger partial charge < -0.3 is 10.1 Å². The van der Waals surface area contributed by atoms with Crippen LogP contribution in [0.25, 0.3) is 0 Å². The van der Waals surface area contributed by atoms with Gasteiger partial charge in [-0.3, -0.25) is 9.59 Å². The summed E-state index contributed by atoms with van der Waals surface area (Å²) in [5.74, 6) is -1.000. The van der Waals surface area contributed by atoms with Crippen LogP contribution in [0.3, 0.4) is 0 Å². The first-order valence-electron chi connectivity index (χ1n) is 7.86. The number of rotatable bonds is 7. The maximum atomic E-state index is 12.1. The third-order valence-electron chi connectivity index (χ3n) is 3.44. The lowest BCUT2D eigenvalue weighted by Crippen LogP contribution is -2.16. The molecule has 1 amide bonds. The molecule has 130 valence electrons. The lowest BCUT2D eigenvalue weighted by Gasteiger charge is -2.10. The number of nitrogens with one attached hydrogen (secondary N) is 1. The van der Waals surface area contributed by atoms with Gasteiger partial charge in [-0.25, -0.2) is 4.79 Å². The average molecular weight is 360 g/mol. The van der Waals surface area contributed by atoms with Gasteiger partial charge in [0.2, 0.25) is 5.91 Å². The largest absolute Gasteiger partial charge is 0.462 e. The van der Waals surface area contributed by atoms with Crippen LogP contribution in [-0.4, -0.2) is 24.3 Å². The van der Waals surface area contributed by atoms with Crippen molar-refractivity contribution < 1.29 is 19.1 Å². The molecule has 0 bridgehead atoms. The lowest BCUT2D eigenvalue weighted by molar-refractivity contribution is -0.116. The Bertz CT molecular complexity index is 771. The second-order valence-corrected chi connectivity index (χ2v) is 5.68. The molecule has 0 atom stereocenters. The summed E-state index contributed by atoms with van der Waals surface area (Å²) in [6.07, 6.45) is 0.0770. The van der Waals surface area contributed by atoms with E-state index in [1.807, 2.05) is 0 Å². The molecule has 0 saturated heterocycles. The topological polar surface area (TPSA) is 72.5 Å². The number of halogens is 1. The van der Waals surface area contributed by atoms with Gasteiger partial charge in [0.25, 0.3) is 0 Å². The van der Waals surface area contributed by atoms with Crippen LogP contribution in [-0.2, 0) is 9.53 Å². The molecule has 2 rings (SSSR count). The summed E-state index contributed by atoms with van der Waals surface area (Å²) in [4.78, 5) is 36.1. The smallest absolute Gasteiger partial charge is 0.340 e. The van der Waals surface area contributed by atoms with Gasteiger partial charge in [0.15, 0.2) is 5.78 Å². The SMILES string of the molecule is CCOC(=O)c1ccccc1NC(=O)CCC(=O)c1ccc(Cl)cc1. The van der Waals surface area contributed by atoms with Crippen LogP contribution in [0.1, 0.15) is 40.5 Å². The lowest BCUT2D eigenvalue weighted by atomic mass is 10.1. The summed E-state index contributed by atoms with van der Waals surface area (Å²) in [6.45, 7) is 1.96. The molecule has 0 heterocycles. The van der Waals surface area contributed by atoms with Crippen molar-refractivity contribution in [2.75, 3.05) is 11.9 Å². The van der Waals surface area contributed by atoms with E-state index in [9.17, 15) is 14.4 Å². The zero-order valence-corrected chi connectivity index (χ0v) is 14.5. The fourth-order valence-corrected chi connectivity index (χ4v) is 2.32. The zero-order valence-electron chi connectivity index (χ0n) is 13.8. The van der Waals surface area contributed by atoms with Crippen LogP contribution in [0.15, 0.2) is 48.5 Å². The molecule has 2 aromatic rings. The van der Waals surface area contributed by atoms with Crippen LogP contribution in [0.4, 0.5) is 5.69 Å². The minimum absolute atomic E-state index is 0.0125. The standard InChI is InChI=1S/C19H18ClNO4/c1-2-25-19(24)15-5-3-4-6-16(15)21-18(23)12-11-17(22)13-7-9-14(20)10-8-13/h3-10H,2,11-12H2,1H3,(H,21,23). The van der Waals surface area contributed by atoms with Crippen molar-refractivity contribution in [3.8, 4) is 0 Å². The number of esters is 1. The Labute approximate surface area is 150 Å². The molecule has 0 aliphatic heterocycles. The predicted molar refractivity (Wildman–Crippen MR) is 96.0 cm³/mol. The molecule has 0 unspecified atom stereocenters. The highest BCUT2D eigenvalue weighted by atomic mass is 35.5. The number of ketones is 1. The highest BCUT2D eigenvalue weighted by molar-refractivity contribution is 6.30. The Kier molecular flexibility index (Phi) is 6.71. The van der Waals surface area contributed by atoms with E-state index < -0.39 is 5.97 Å². The molecule has 6 heteroatoms. The van der Waals surface area contributed by atoms with E-state index in [1.54, 1.807) is 55.5 Å². The van der Waals surface area contributed by atoms with E-state index in [1.165, 1.54) is 0 Å². The summed E-state index contributed by atoms with van der Waals surface area (Å²) in [6, 6.07) is 13.1. The van der Waals surface area contributed by atoms with E-state index in [-0.39, 0.29) is 36.7 Å². The molecular formula is C19H18ClNO4. The third kappa shape index (κ3) is 5.43.